The smallest absolute Gasteiger partial charge is 0.144 e. The van der Waals surface area contributed by atoms with Crippen LogP contribution in [0.1, 0.15) is 18.9 Å². The van der Waals surface area contributed by atoms with Crippen LogP contribution < -0.4 is 5.32 Å². The van der Waals surface area contributed by atoms with Crippen LogP contribution in [-0.2, 0) is 6.42 Å². The Morgan fingerprint density at radius 3 is 2.86 bits per heavy atom. The summed E-state index contributed by atoms with van der Waals surface area (Å²) in [5, 5.41) is 3.32. The molecule has 3 heteroatoms. The van der Waals surface area contributed by atoms with Gasteiger partial charge in [-0.15, -0.1) is 0 Å². The molecule has 1 aromatic rings. The minimum Gasteiger partial charge on any atom is -0.317 e. The maximum absolute atomic E-state index is 13.4. The van der Waals surface area contributed by atoms with Gasteiger partial charge in [0.25, 0.3) is 0 Å². The van der Waals surface area contributed by atoms with Crippen LogP contribution in [0.4, 0.5) is 4.39 Å². The van der Waals surface area contributed by atoms with Gasteiger partial charge in [-0.1, -0.05) is 23.7 Å². The van der Waals surface area contributed by atoms with Gasteiger partial charge in [-0.05, 0) is 38.4 Å². The van der Waals surface area contributed by atoms with Crippen molar-refractivity contribution in [1.82, 2.24) is 5.32 Å². The fourth-order valence-corrected chi connectivity index (χ4v) is 1.45. The zero-order valence-electron chi connectivity index (χ0n) is 8.48. The van der Waals surface area contributed by atoms with Gasteiger partial charge >= 0.3 is 0 Å². The lowest BCUT2D eigenvalue weighted by Gasteiger charge is -2.10. The second-order valence-corrected chi connectivity index (χ2v) is 3.85. The fraction of sp³-hybridized carbons (Fsp3) is 0.455. The molecule has 0 aliphatic rings. The quantitative estimate of drug-likeness (QED) is 0.814. The number of hydrogen-bond donors (Lipinski definition) is 1. The van der Waals surface area contributed by atoms with E-state index in [0.717, 1.165) is 6.42 Å². The third-order valence-corrected chi connectivity index (χ3v) is 2.66. The number of halogens is 2. The van der Waals surface area contributed by atoms with Crippen LogP contribution >= 0.6 is 11.6 Å². The molecule has 0 fully saturated rings. The summed E-state index contributed by atoms with van der Waals surface area (Å²) in [6.45, 7) is 2.07. The Kier molecular flexibility index (Phi) is 4.36. The Morgan fingerprint density at radius 1 is 1.50 bits per heavy atom. The van der Waals surface area contributed by atoms with E-state index in [-0.39, 0.29) is 10.8 Å². The van der Waals surface area contributed by atoms with Gasteiger partial charge in [0.15, 0.2) is 0 Å². The molecule has 1 N–H and O–H groups in total. The Labute approximate surface area is 89.3 Å². The molecule has 0 radical (unpaired) electrons. The summed E-state index contributed by atoms with van der Waals surface area (Å²) in [7, 11) is 1.90. The topological polar surface area (TPSA) is 12.0 Å². The van der Waals surface area contributed by atoms with Crippen molar-refractivity contribution in [2.24, 2.45) is 0 Å². The van der Waals surface area contributed by atoms with Crippen LogP contribution in [0.5, 0.6) is 0 Å². The van der Waals surface area contributed by atoms with Gasteiger partial charge < -0.3 is 5.32 Å². The van der Waals surface area contributed by atoms with Gasteiger partial charge in [0.2, 0.25) is 0 Å². The normalized spacial score (nSPS) is 12.9. The van der Waals surface area contributed by atoms with E-state index in [1.807, 2.05) is 7.05 Å². The highest BCUT2D eigenvalue weighted by atomic mass is 35.5. The molecule has 0 aliphatic heterocycles. The first-order chi connectivity index (χ1) is 6.65. The summed E-state index contributed by atoms with van der Waals surface area (Å²) in [5.41, 5.74) is 0.694. The molecule has 0 aromatic heterocycles. The Balaban J connectivity index is 2.63. The van der Waals surface area contributed by atoms with Crippen LogP contribution in [-0.4, -0.2) is 13.1 Å². The predicted molar refractivity (Wildman–Crippen MR) is 58.3 cm³/mol. The van der Waals surface area contributed by atoms with Gasteiger partial charge in [-0.2, -0.15) is 0 Å². The van der Waals surface area contributed by atoms with E-state index in [2.05, 4.69) is 12.2 Å². The summed E-state index contributed by atoms with van der Waals surface area (Å²) in [4.78, 5) is 0. The largest absolute Gasteiger partial charge is 0.317 e. The van der Waals surface area contributed by atoms with Crippen molar-refractivity contribution in [3.05, 3.63) is 34.6 Å². The number of hydrogen-bond acceptors (Lipinski definition) is 1. The highest BCUT2D eigenvalue weighted by Crippen LogP contribution is 2.19. The third-order valence-electron chi connectivity index (χ3n) is 2.37. The summed E-state index contributed by atoms with van der Waals surface area (Å²) in [6.07, 6.45) is 1.63. The van der Waals surface area contributed by atoms with Crippen LogP contribution in [0.15, 0.2) is 18.2 Å². The van der Waals surface area contributed by atoms with E-state index in [1.165, 1.54) is 0 Å². The average molecular weight is 216 g/mol. The Bertz CT molecular complexity index is 301. The van der Waals surface area contributed by atoms with Crippen molar-refractivity contribution in [3.8, 4) is 0 Å². The monoisotopic (exact) mass is 215 g/mol. The predicted octanol–water partition coefficient (Wildman–Crippen LogP) is 3.02. The molecule has 78 valence electrons. The molecule has 0 saturated carbocycles. The van der Waals surface area contributed by atoms with Gasteiger partial charge in [0.1, 0.15) is 5.82 Å². The molecule has 1 unspecified atom stereocenters. The molecule has 1 aromatic carbocycles. The molecule has 0 aliphatic carbocycles. The molecule has 0 spiro atoms. The minimum atomic E-state index is -0.280. The van der Waals surface area contributed by atoms with Crippen LogP contribution in [0.2, 0.25) is 5.02 Å². The molecule has 0 amide bonds. The van der Waals surface area contributed by atoms with Crippen molar-refractivity contribution in [2.45, 2.75) is 25.8 Å². The summed E-state index contributed by atoms with van der Waals surface area (Å²) >= 11 is 5.67. The first kappa shape index (κ1) is 11.5. The maximum Gasteiger partial charge on any atom is 0.144 e. The molecule has 14 heavy (non-hydrogen) atoms. The van der Waals surface area contributed by atoms with E-state index in [0.29, 0.717) is 18.0 Å². The number of benzene rings is 1. The molecule has 1 atom stereocenters. The lowest BCUT2D eigenvalue weighted by atomic mass is 10.1. The lowest BCUT2D eigenvalue weighted by Crippen LogP contribution is -2.21. The summed E-state index contributed by atoms with van der Waals surface area (Å²) < 4.78 is 13.4. The molecule has 1 rings (SSSR count). The molecule has 1 nitrogen and oxygen atoms in total. The SMILES string of the molecule is CNC(C)CCc1cccc(Cl)c1F. The number of rotatable bonds is 4. The van der Waals surface area contributed by atoms with Crippen molar-refractivity contribution in [2.75, 3.05) is 7.05 Å². The van der Waals surface area contributed by atoms with Gasteiger partial charge in [-0.3, -0.25) is 0 Å². The lowest BCUT2D eigenvalue weighted by molar-refractivity contribution is 0.547. The number of nitrogens with one attached hydrogen (secondary N) is 1. The first-order valence-corrected chi connectivity index (χ1v) is 5.13. The second-order valence-electron chi connectivity index (χ2n) is 3.44. The molecular formula is C11H15ClFN. The van der Waals surface area contributed by atoms with E-state index >= 15 is 0 Å². The molecule has 0 saturated heterocycles. The van der Waals surface area contributed by atoms with Crippen LogP contribution in [0.3, 0.4) is 0 Å². The van der Waals surface area contributed by atoms with Crippen molar-refractivity contribution in [1.29, 1.82) is 0 Å². The zero-order valence-corrected chi connectivity index (χ0v) is 9.24. The molecule has 0 heterocycles. The highest BCUT2D eigenvalue weighted by molar-refractivity contribution is 6.30. The fourth-order valence-electron chi connectivity index (χ4n) is 1.26. The summed E-state index contributed by atoms with van der Waals surface area (Å²) in [6, 6.07) is 5.53. The van der Waals surface area contributed by atoms with Crippen molar-refractivity contribution in [3.63, 3.8) is 0 Å². The average Bonchev–Trinajstić information content (AvgIpc) is 2.20. The zero-order chi connectivity index (χ0) is 10.6. The van der Waals surface area contributed by atoms with E-state index < -0.39 is 0 Å². The van der Waals surface area contributed by atoms with Gasteiger partial charge in [0, 0.05) is 6.04 Å². The number of aryl methyl sites for hydroxylation is 1. The van der Waals surface area contributed by atoms with Gasteiger partial charge in [0.05, 0.1) is 5.02 Å². The minimum absolute atomic E-state index is 0.208. The van der Waals surface area contributed by atoms with E-state index in [1.54, 1.807) is 18.2 Å². The first-order valence-electron chi connectivity index (χ1n) is 4.75. The Hall–Kier alpha value is -0.600. The van der Waals surface area contributed by atoms with Crippen LogP contribution in [0, 0.1) is 5.82 Å². The highest BCUT2D eigenvalue weighted by Gasteiger charge is 2.07. The Morgan fingerprint density at radius 2 is 2.21 bits per heavy atom. The standard InChI is InChI=1S/C11H15ClFN/c1-8(14-2)6-7-9-4-3-5-10(12)11(9)13/h3-5,8,14H,6-7H2,1-2H3. The van der Waals surface area contributed by atoms with Gasteiger partial charge in [-0.25, -0.2) is 4.39 Å². The van der Waals surface area contributed by atoms with E-state index in [4.69, 9.17) is 11.6 Å². The molecular weight excluding hydrogens is 201 g/mol. The van der Waals surface area contributed by atoms with E-state index in [9.17, 15) is 4.39 Å². The third kappa shape index (κ3) is 2.96. The summed E-state index contributed by atoms with van der Waals surface area (Å²) in [5.74, 6) is -0.280. The second kappa shape index (κ2) is 5.32. The maximum atomic E-state index is 13.4. The van der Waals surface area contributed by atoms with Crippen molar-refractivity contribution >= 4 is 11.6 Å². The molecule has 0 bridgehead atoms. The van der Waals surface area contributed by atoms with Crippen LogP contribution in [0.25, 0.3) is 0 Å². The van der Waals surface area contributed by atoms with Crippen molar-refractivity contribution < 1.29 is 4.39 Å².